The number of ether oxygens (including phenoxy) is 3. The van der Waals surface area contributed by atoms with Crippen LogP contribution in [0.1, 0.15) is 0 Å². The maximum atomic E-state index is 13.4. The summed E-state index contributed by atoms with van der Waals surface area (Å²) in [4.78, 5) is 26.2. The molecule has 0 radical (unpaired) electrons. The van der Waals surface area contributed by atoms with Gasteiger partial charge in [0.15, 0.2) is 12.4 Å². The fourth-order valence-corrected chi connectivity index (χ4v) is 5.77. The van der Waals surface area contributed by atoms with Crippen molar-refractivity contribution in [3.8, 4) is 22.8 Å². The maximum Gasteiger partial charge on any atom is 0.262 e. The summed E-state index contributed by atoms with van der Waals surface area (Å²) in [7, 11) is -2.12. The van der Waals surface area contributed by atoms with Gasteiger partial charge in [-0.15, -0.1) is 0 Å². The van der Waals surface area contributed by atoms with Gasteiger partial charge in [0.05, 0.1) is 30.6 Å². The van der Waals surface area contributed by atoms with Crippen LogP contribution in [0, 0.1) is 0 Å². The third-order valence-electron chi connectivity index (χ3n) is 6.26. The number of nitrogens with zero attached hydrogens (tertiary/aromatic N) is 1. The van der Waals surface area contributed by atoms with Gasteiger partial charge in [0.25, 0.3) is 5.91 Å². The second kappa shape index (κ2) is 11.7. The zero-order chi connectivity index (χ0) is 28.3. The first-order valence-electron chi connectivity index (χ1n) is 12.3. The Morgan fingerprint density at radius 2 is 1.73 bits per heavy atom. The molecule has 4 aromatic rings. The highest BCUT2D eigenvalue weighted by Crippen LogP contribution is 2.33. The molecule has 5 rings (SSSR count). The van der Waals surface area contributed by atoms with Crippen molar-refractivity contribution in [2.45, 2.75) is 4.90 Å². The predicted molar refractivity (Wildman–Crippen MR) is 150 cm³/mol. The van der Waals surface area contributed by atoms with E-state index >= 15 is 0 Å². The van der Waals surface area contributed by atoms with Gasteiger partial charge in [0, 0.05) is 29.4 Å². The molecule has 1 fully saturated rings. The van der Waals surface area contributed by atoms with E-state index < -0.39 is 28.0 Å². The van der Waals surface area contributed by atoms with Crippen LogP contribution < -0.4 is 20.2 Å². The first-order valence-corrected chi connectivity index (χ1v) is 14.1. The highest BCUT2D eigenvalue weighted by atomic mass is 35.5. The number of halogens is 1. The minimum atomic E-state index is -3.66. The fraction of sp³-hybridized carbons (Fsp3) is 0.214. The van der Waals surface area contributed by atoms with E-state index in [-0.39, 0.29) is 34.9 Å². The monoisotopic (exact) mass is 584 g/mol. The SMILES string of the molecule is COc1ccc(-c2oc3ccc(Cl)cc3c(=O)c2OCC(=O)Nc2ccc(S(=O)(=O)N3CCOCC3)cc2)cc1. The highest BCUT2D eigenvalue weighted by molar-refractivity contribution is 7.89. The molecule has 1 amide bonds. The Morgan fingerprint density at radius 1 is 1.02 bits per heavy atom. The lowest BCUT2D eigenvalue weighted by atomic mass is 10.1. The van der Waals surface area contributed by atoms with Crippen LogP contribution in [0.3, 0.4) is 0 Å². The van der Waals surface area contributed by atoms with E-state index in [1.165, 1.54) is 34.6 Å². The molecule has 1 aliphatic heterocycles. The van der Waals surface area contributed by atoms with Gasteiger partial charge < -0.3 is 23.9 Å². The Kier molecular flexibility index (Phi) is 8.08. The lowest BCUT2D eigenvalue weighted by Crippen LogP contribution is -2.40. The molecule has 3 aromatic carbocycles. The number of benzene rings is 3. The normalized spacial score (nSPS) is 14.2. The van der Waals surface area contributed by atoms with Crippen molar-refractivity contribution < 1.29 is 31.8 Å². The average molecular weight is 585 g/mol. The van der Waals surface area contributed by atoms with Gasteiger partial charge in [-0.1, -0.05) is 11.6 Å². The minimum Gasteiger partial charge on any atom is -0.497 e. The number of carbonyl (C=O) groups is 1. The summed E-state index contributed by atoms with van der Waals surface area (Å²) < 4.78 is 49.1. The Hall–Kier alpha value is -3.90. The number of sulfonamides is 1. The molecule has 12 heteroatoms. The van der Waals surface area contributed by atoms with E-state index in [1.54, 1.807) is 43.5 Å². The van der Waals surface area contributed by atoms with Gasteiger partial charge in [-0.05, 0) is 66.7 Å². The Morgan fingerprint density at radius 3 is 2.40 bits per heavy atom. The number of fused-ring (bicyclic) bond motifs is 1. The van der Waals surface area contributed by atoms with Gasteiger partial charge in [-0.2, -0.15) is 4.31 Å². The lowest BCUT2D eigenvalue weighted by molar-refractivity contribution is -0.118. The largest absolute Gasteiger partial charge is 0.497 e. The molecule has 0 aliphatic carbocycles. The van der Waals surface area contributed by atoms with Gasteiger partial charge in [0.2, 0.25) is 21.2 Å². The zero-order valence-corrected chi connectivity index (χ0v) is 23.0. The van der Waals surface area contributed by atoms with Crippen molar-refractivity contribution in [1.29, 1.82) is 0 Å². The number of amides is 1. The van der Waals surface area contributed by atoms with E-state index in [4.69, 9.17) is 30.2 Å². The summed E-state index contributed by atoms with van der Waals surface area (Å²) in [6, 6.07) is 17.3. The summed E-state index contributed by atoms with van der Waals surface area (Å²) in [5.41, 5.74) is 0.730. The molecule has 0 spiro atoms. The third-order valence-corrected chi connectivity index (χ3v) is 8.40. The van der Waals surface area contributed by atoms with Crippen LogP contribution in [0.15, 0.2) is 80.8 Å². The van der Waals surface area contributed by atoms with E-state index in [2.05, 4.69) is 5.32 Å². The lowest BCUT2D eigenvalue weighted by Gasteiger charge is -2.26. The number of carbonyl (C=O) groups excluding carboxylic acids is 1. The standard InChI is InChI=1S/C28H25ClN2O8S/c1-36-21-7-2-18(3-8-21)27-28(26(33)23-16-19(29)4-11-24(23)39-27)38-17-25(32)30-20-5-9-22(10-6-20)40(34,35)31-12-14-37-15-13-31/h2-11,16H,12-15,17H2,1H3,(H,30,32). The molecule has 40 heavy (non-hydrogen) atoms. The van der Waals surface area contributed by atoms with E-state index in [0.29, 0.717) is 40.8 Å². The van der Waals surface area contributed by atoms with Crippen molar-refractivity contribution >= 4 is 44.2 Å². The molecular weight excluding hydrogens is 560 g/mol. The molecule has 1 aliphatic rings. The van der Waals surface area contributed by atoms with Crippen molar-refractivity contribution in [2.24, 2.45) is 0 Å². The molecule has 0 saturated carbocycles. The summed E-state index contributed by atoms with van der Waals surface area (Å²) in [5, 5.41) is 3.20. The van der Waals surface area contributed by atoms with Crippen molar-refractivity contribution in [1.82, 2.24) is 4.31 Å². The summed E-state index contributed by atoms with van der Waals surface area (Å²) in [6.07, 6.45) is 0. The molecule has 0 unspecified atom stereocenters. The first kappa shape index (κ1) is 27.7. The molecule has 1 N–H and O–H groups in total. The quantitative estimate of drug-likeness (QED) is 0.327. The van der Waals surface area contributed by atoms with E-state index in [1.807, 2.05) is 0 Å². The third kappa shape index (κ3) is 5.82. The molecule has 208 valence electrons. The first-order chi connectivity index (χ1) is 19.3. The van der Waals surface area contributed by atoms with Gasteiger partial charge >= 0.3 is 0 Å². The smallest absolute Gasteiger partial charge is 0.262 e. The number of rotatable bonds is 8. The maximum absolute atomic E-state index is 13.4. The Bertz CT molecular complexity index is 1700. The second-order valence-corrected chi connectivity index (χ2v) is 11.2. The molecule has 1 aromatic heterocycles. The number of hydrogen-bond donors (Lipinski definition) is 1. The summed E-state index contributed by atoms with van der Waals surface area (Å²) in [6.45, 7) is 0.747. The average Bonchev–Trinajstić information content (AvgIpc) is 2.97. The van der Waals surface area contributed by atoms with E-state index in [9.17, 15) is 18.0 Å². The van der Waals surface area contributed by atoms with Crippen molar-refractivity contribution in [2.75, 3.05) is 45.3 Å². The van der Waals surface area contributed by atoms with Crippen molar-refractivity contribution in [3.05, 3.63) is 82.0 Å². The fourth-order valence-electron chi connectivity index (χ4n) is 4.19. The van der Waals surface area contributed by atoms with Crippen LogP contribution in [-0.2, 0) is 19.6 Å². The van der Waals surface area contributed by atoms with E-state index in [0.717, 1.165) is 0 Å². The summed E-state index contributed by atoms with van der Waals surface area (Å²) >= 11 is 6.09. The molecular formula is C28H25ClN2O8S. The second-order valence-electron chi connectivity index (χ2n) is 8.84. The number of methoxy groups -OCH3 is 1. The minimum absolute atomic E-state index is 0.111. The van der Waals surface area contributed by atoms with Crippen molar-refractivity contribution in [3.63, 3.8) is 0 Å². The molecule has 1 saturated heterocycles. The van der Waals surface area contributed by atoms with Crippen LogP contribution in [0.25, 0.3) is 22.3 Å². The van der Waals surface area contributed by atoms with Crippen LogP contribution in [0.4, 0.5) is 5.69 Å². The zero-order valence-electron chi connectivity index (χ0n) is 21.4. The van der Waals surface area contributed by atoms with Gasteiger partial charge in [-0.25, -0.2) is 8.42 Å². The molecule has 0 bridgehead atoms. The number of hydrogen-bond acceptors (Lipinski definition) is 8. The van der Waals surface area contributed by atoms with Crippen LogP contribution in [0.2, 0.25) is 5.02 Å². The number of nitrogens with one attached hydrogen (secondary N) is 1. The number of morpholine rings is 1. The highest BCUT2D eigenvalue weighted by Gasteiger charge is 2.26. The van der Waals surface area contributed by atoms with Crippen LogP contribution >= 0.6 is 11.6 Å². The molecule has 10 nitrogen and oxygen atoms in total. The van der Waals surface area contributed by atoms with Crippen LogP contribution in [0.5, 0.6) is 11.5 Å². The predicted octanol–water partition coefficient (Wildman–Crippen LogP) is 4.16. The van der Waals surface area contributed by atoms with Gasteiger partial charge in [-0.3, -0.25) is 9.59 Å². The topological polar surface area (TPSA) is 124 Å². The molecule has 2 heterocycles. The number of anilines is 1. The Balaban J connectivity index is 1.35. The molecule has 0 atom stereocenters. The van der Waals surface area contributed by atoms with Gasteiger partial charge in [0.1, 0.15) is 11.3 Å². The van der Waals surface area contributed by atoms with Crippen LogP contribution in [-0.4, -0.2) is 58.7 Å². The Labute approximate surface area is 235 Å². The summed E-state index contributed by atoms with van der Waals surface area (Å²) in [5.74, 6) is 0.0503.